The van der Waals surface area contributed by atoms with E-state index < -0.39 is 5.60 Å². The monoisotopic (exact) mass is 412 g/mol. The number of carbonyl (C=O) groups is 2. The number of H-pyrrole nitrogens is 1. The highest BCUT2D eigenvalue weighted by Crippen LogP contribution is 2.25. The number of nitrogens with zero attached hydrogens (tertiary/aromatic N) is 3. The Morgan fingerprint density at radius 2 is 1.50 bits per heavy atom. The highest BCUT2D eigenvalue weighted by atomic mass is 16.6. The van der Waals surface area contributed by atoms with Gasteiger partial charge < -0.3 is 14.5 Å². The van der Waals surface area contributed by atoms with Gasteiger partial charge in [-0.05, 0) is 39.0 Å². The number of aromatic nitrogens is 2. The molecule has 1 saturated heterocycles. The highest BCUT2D eigenvalue weighted by Gasteiger charge is 2.28. The molecule has 0 atom stereocenters. The number of benzene rings is 1. The van der Waals surface area contributed by atoms with Gasteiger partial charge in [-0.15, -0.1) is 0 Å². The second kappa shape index (κ2) is 8.13. The summed E-state index contributed by atoms with van der Waals surface area (Å²) in [4.78, 5) is 28.5. The van der Waals surface area contributed by atoms with Gasteiger partial charge in [-0.1, -0.05) is 32.9 Å². The smallest absolute Gasteiger partial charge is 0.410 e. The zero-order valence-electron chi connectivity index (χ0n) is 18.8. The van der Waals surface area contributed by atoms with Crippen LogP contribution in [0.1, 0.15) is 57.6 Å². The Morgan fingerprint density at radius 3 is 2.00 bits per heavy atom. The molecule has 0 spiro atoms. The van der Waals surface area contributed by atoms with Crippen LogP contribution in [0.15, 0.2) is 30.3 Å². The zero-order valence-corrected chi connectivity index (χ0v) is 18.8. The molecule has 0 aliphatic carbocycles. The summed E-state index contributed by atoms with van der Waals surface area (Å²) in [6, 6.07) is 9.57. The van der Waals surface area contributed by atoms with E-state index >= 15 is 0 Å². The fraction of sp³-hybridized carbons (Fsp3) is 0.522. The van der Waals surface area contributed by atoms with Crippen LogP contribution >= 0.6 is 0 Å². The molecule has 2 aromatic rings. The third-order valence-electron chi connectivity index (χ3n) is 5.03. The molecule has 0 saturated carbocycles. The largest absolute Gasteiger partial charge is 0.444 e. The number of ether oxygens (including phenoxy) is 1. The minimum atomic E-state index is -0.520. The molecule has 7 nitrogen and oxygen atoms in total. The molecular formula is C23H32N4O3. The van der Waals surface area contributed by atoms with Crippen LogP contribution in [0.25, 0.3) is 11.3 Å². The van der Waals surface area contributed by atoms with Crippen molar-refractivity contribution in [3.8, 4) is 11.3 Å². The lowest BCUT2D eigenvalue weighted by atomic mass is 9.92. The summed E-state index contributed by atoms with van der Waals surface area (Å²) in [7, 11) is 0. The quantitative estimate of drug-likeness (QED) is 0.807. The van der Waals surface area contributed by atoms with Crippen molar-refractivity contribution in [3.63, 3.8) is 0 Å². The van der Waals surface area contributed by atoms with Crippen LogP contribution in [-0.4, -0.2) is 63.8 Å². The third kappa shape index (κ3) is 5.20. The number of carbonyl (C=O) groups excluding carboxylic acids is 2. The molecule has 1 aromatic carbocycles. The number of piperazine rings is 1. The zero-order chi connectivity index (χ0) is 22.1. The molecule has 1 aliphatic heterocycles. The van der Waals surface area contributed by atoms with Crippen molar-refractivity contribution < 1.29 is 14.3 Å². The topological polar surface area (TPSA) is 78.5 Å². The Kier molecular flexibility index (Phi) is 5.92. The number of hydrogen-bond donors (Lipinski definition) is 1. The number of rotatable bonds is 2. The first-order valence-corrected chi connectivity index (χ1v) is 10.4. The van der Waals surface area contributed by atoms with E-state index in [-0.39, 0.29) is 17.4 Å². The highest BCUT2D eigenvalue weighted by molar-refractivity contribution is 5.94. The van der Waals surface area contributed by atoms with Crippen molar-refractivity contribution in [2.45, 2.75) is 52.6 Å². The molecule has 162 valence electrons. The van der Waals surface area contributed by atoms with Gasteiger partial charge in [0.1, 0.15) is 5.60 Å². The summed E-state index contributed by atoms with van der Waals surface area (Å²) in [5.41, 5.74) is 3.02. The van der Waals surface area contributed by atoms with Crippen LogP contribution < -0.4 is 0 Å². The van der Waals surface area contributed by atoms with Crippen molar-refractivity contribution >= 4 is 12.0 Å². The van der Waals surface area contributed by atoms with Crippen LogP contribution in [0.5, 0.6) is 0 Å². The SMILES string of the molecule is CC(C)(C)OC(=O)N1CCN(C(=O)c2ccc(-c3cc(C(C)(C)C)[nH]n3)cc2)CC1. The molecule has 0 unspecified atom stereocenters. The standard InChI is InChI=1S/C23H32N4O3/c1-22(2,3)19-15-18(24-25-19)16-7-9-17(10-8-16)20(28)26-11-13-27(14-12-26)21(29)30-23(4,5)6/h7-10,15H,11-14H2,1-6H3,(H,24,25). The summed E-state index contributed by atoms with van der Waals surface area (Å²) in [5, 5.41) is 7.49. The van der Waals surface area contributed by atoms with Gasteiger partial charge in [-0.25, -0.2) is 4.79 Å². The van der Waals surface area contributed by atoms with Crippen LogP contribution in [0, 0.1) is 0 Å². The summed E-state index contributed by atoms with van der Waals surface area (Å²) in [6.45, 7) is 13.9. The molecule has 1 aliphatic rings. The Balaban J connectivity index is 1.60. The maximum absolute atomic E-state index is 12.9. The van der Waals surface area contributed by atoms with Gasteiger partial charge >= 0.3 is 6.09 Å². The van der Waals surface area contributed by atoms with Crippen LogP contribution in [0.3, 0.4) is 0 Å². The average molecular weight is 413 g/mol. The van der Waals surface area contributed by atoms with Gasteiger partial charge in [0.2, 0.25) is 0 Å². The van der Waals surface area contributed by atoms with Crippen molar-refractivity contribution in [2.24, 2.45) is 0 Å². The molecule has 7 heteroatoms. The molecule has 2 amide bonds. The van der Waals surface area contributed by atoms with E-state index in [0.717, 1.165) is 17.0 Å². The summed E-state index contributed by atoms with van der Waals surface area (Å²) >= 11 is 0. The van der Waals surface area contributed by atoms with Crippen LogP contribution in [-0.2, 0) is 10.2 Å². The predicted molar refractivity (Wildman–Crippen MR) is 116 cm³/mol. The third-order valence-corrected chi connectivity index (χ3v) is 5.03. The molecule has 30 heavy (non-hydrogen) atoms. The Labute approximate surface area is 178 Å². The predicted octanol–water partition coefficient (Wildman–Crippen LogP) is 4.07. The van der Waals surface area contributed by atoms with Crippen molar-refractivity contribution in [3.05, 3.63) is 41.6 Å². The first-order chi connectivity index (χ1) is 13.9. The molecule has 2 heterocycles. The minimum absolute atomic E-state index is 0.00259. The van der Waals surface area contributed by atoms with Gasteiger partial charge in [-0.2, -0.15) is 5.10 Å². The van der Waals surface area contributed by atoms with Crippen LogP contribution in [0.2, 0.25) is 0 Å². The van der Waals surface area contributed by atoms with E-state index in [9.17, 15) is 9.59 Å². The first kappa shape index (κ1) is 21.9. The lowest BCUT2D eigenvalue weighted by molar-refractivity contribution is 0.0141. The summed E-state index contributed by atoms with van der Waals surface area (Å²) in [5.74, 6) is -0.0252. The fourth-order valence-electron chi connectivity index (χ4n) is 3.24. The molecular weight excluding hydrogens is 380 g/mol. The molecule has 1 aromatic heterocycles. The van der Waals surface area contributed by atoms with Gasteiger partial charge in [-0.3, -0.25) is 9.89 Å². The van der Waals surface area contributed by atoms with E-state index in [2.05, 4.69) is 31.0 Å². The maximum atomic E-state index is 12.9. The maximum Gasteiger partial charge on any atom is 0.410 e. The van der Waals surface area contributed by atoms with Crippen molar-refractivity contribution in [1.82, 2.24) is 20.0 Å². The Hall–Kier alpha value is -2.83. The summed E-state index contributed by atoms with van der Waals surface area (Å²) in [6.07, 6.45) is -0.326. The second-order valence-electron chi connectivity index (χ2n) is 9.75. The lowest BCUT2D eigenvalue weighted by Crippen LogP contribution is -2.51. The molecule has 0 bridgehead atoms. The second-order valence-corrected chi connectivity index (χ2v) is 9.75. The van der Waals surface area contributed by atoms with E-state index in [1.165, 1.54) is 0 Å². The normalized spacial score (nSPS) is 15.3. The van der Waals surface area contributed by atoms with E-state index in [1.54, 1.807) is 9.80 Å². The van der Waals surface area contributed by atoms with Gasteiger partial charge in [0.15, 0.2) is 0 Å². The van der Waals surface area contributed by atoms with Gasteiger partial charge in [0.25, 0.3) is 5.91 Å². The van der Waals surface area contributed by atoms with E-state index in [0.29, 0.717) is 31.7 Å². The van der Waals surface area contributed by atoms with Crippen LogP contribution in [0.4, 0.5) is 4.79 Å². The fourth-order valence-corrected chi connectivity index (χ4v) is 3.24. The number of nitrogens with one attached hydrogen (secondary N) is 1. The average Bonchev–Trinajstić information content (AvgIpc) is 3.17. The molecule has 3 rings (SSSR count). The van der Waals surface area contributed by atoms with Gasteiger partial charge in [0, 0.05) is 48.4 Å². The molecule has 1 N–H and O–H groups in total. The number of amides is 2. The Bertz CT molecular complexity index is 896. The minimum Gasteiger partial charge on any atom is -0.444 e. The van der Waals surface area contributed by atoms with Crippen molar-refractivity contribution in [1.29, 1.82) is 0 Å². The molecule has 1 fully saturated rings. The van der Waals surface area contributed by atoms with Crippen molar-refractivity contribution in [2.75, 3.05) is 26.2 Å². The van der Waals surface area contributed by atoms with E-state index in [1.807, 2.05) is 51.1 Å². The number of hydrogen-bond acceptors (Lipinski definition) is 4. The summed E-state index contributed by atoms with van der Waals surface area (Å²) < 4.78 is 5.41. The number of aromatic amines is 1. The Morgan fingerprint density at radius 1 is 0.933 bits per heavy atom. The first-order valence-electron chi connectivity index (χ1n) is 10.4. The van der Waals surface area contributed by atoms with E-state index in [4.69, 9.17) is 4.74 Å². The molecule has 0 radical (unpaired) electrons. The lowest BCUT2D eigenvalue weighted by Gasteiger charge is -2.35. The van der Waals surface area contributed by atoms with Gasteiger partial charge in [0.05, 0.1) is 5.69 Å².